The molecule has 0 bridgehead atoms. The maximum absolute atomic E-state index is 12.5. The van der Waals surface area contributed by atoms with E-state index in [0.717, 1.165) is 31.4 Å². The highest BCUT2D eigenvalue weighted by Crippen LogP contribution is 2.34. The zero-order chi connectivity index (χ0) is 13.9. The average Bonchev–Trinajstić information content (AvgIpc) is 2.40. The lowest BCUT2D eigenvalue weighted by Gasteiger charge is -2.22. The van der Waals surface area contributed by atoms with Gasteiger partial charge in [0.05, 0.1) is 17.6 Å². The van der Waals surface area contributed by atoms with Crippen molar-refractivity contribution in [2.75, 3.05) is 0 Å². The van der Waals surface area contributed by atoms with E-state index in [-0.39, 0.29) is 11.8 Å². The Morgan fingerprint density at radius 1 is 1.21 bits per heavy atom. The van der Waals surface area contributed by atoms with Crippen molar-refractivity contribution in [3.8, 4) is 6.07 Å². The van der Waals surface area contributed by atoms with Gasteiger partial charge in [0.15, 0.2) is 0 Å². The highest BCUT2D eigenvalue weighted by atomic mass is 19.4. The van der Waals surface area contributed by atoms with E-state index < -0.39 is 11.7 Å². The SMILES string of the molecule is N#CC(c1ccc(C(F)(F)F)cc1)C1C=CCCC1. The first kappa shape index (κ1) is 13.7. The Morgan fingerprint density at radius 2 is 1.89 bits per heavy atom. The van der Waals surface area contributed by atoms with Gasteiger partial charge in [0.25, 0.3) is 0 Å². The summed E-state index contributed by atoms with van der Waals surface area (Å²) in [6.45, 7) is 0. The van der Waals surface area contributed by atoms with E-state index in [1.165, 1.54) is 12.1 Å². The number of hydrogen-bond donors (Lipinski definition) is 0. The number of halogens is 3. The van der Waals surface area contributed by atoms with E-state index in [1.54, 1.807) is 0 Å². The first-order chi connectivity index (χ1) is 9.02. The molecule has 0 heterocycles. The summed E-state index contributed by atoms with van der Waals surface area (Å²) in [6.07, 6.45) is 2.68. The molecule has 4 heteroatoms. The van der Waals surface area contributed by atoms with Crippen LogP contribution < -0.4 is 0 Å². The molecule has 1 aromatic rings. The minimum absolute atomic E-state index is 0.107. The van der Waals surface area contributed by atoms with Gasteiger partial charge in [0, 0.05) is 0 Å². The van der Waals surface area contributed by atoms with Crippen LogP contribution in [-0.4, -0.2) is 0 Å². The lowest BCUT2D eigenvalue weighted by molar-refractivity contribution is -0.137. The molecule has 1 aliphatic rings. The molecule has 0 radical (unpaired) electrons. The van der Waals surface area contributed by atoms with Crippen molar-refractivity contribution >= 4 is 0 Å². The maximum atomic E-state index is 12.5. The van der Waals surface area contributed by atoms with E-state index in [0.29, 0.717) is 5.56 Å². The second-order valence-electron chi connectivity index (χ2n) is 4.75. The summed E-state index contributed by atoms with van der Waals surface area (Å²) >= 11 is 0. The third kappa shape index (κ3) is 3.17. The first-order valence-corrected chi connectivity index (χ1v) is 6.26. The highest BCUT2D eigenvalue weighted by molar-refractivity contribution is 5.32. The van der Waals surface area contributed by atoms with Crippen molar-refractivity contribution in [3.05, 3.63) is 47.5 Å². The number of nitriles is 1. The molecule has 1 nitrogen and oxygen atoms in total. The Hall–Kier alpha value is -1.76. The molecule has 100 valence electrons. The summed E-state index contributed by atoms with van der Waals surface area (Å²) in [5.74, 6) is -0.255. The standard InChI is InChI=1S/C15H14F3N/c16-15(17,18)13-8-6-12(7-9-13)14(10-19)11-4-2-1-3-5-11/h2,4,6-9,11,14H,1,3,5H2. The zero-order valence-corrected chi connectivity index (χ0v) is 10.3. The zero-order valence-electron chi connectivity index (χ0n) is 10.3. The van der Waals surface area contributed by atoms with Crippen LogP contribution in [0, 0.1) is 17.2 Å². The molecular weight excluding hydrogens is 251 g/mol. The molecule has 0 spiro atoms. The highest BCUT2D eigenvalue weighted by Gasteiger charge is 2.30. The Kier molecular flexibility index (Phi) is 3.94. The fourth-order valence-corrected chi connectivity index (χ4v) is 2.41. The van der Waals surface area contributed by atoms with Crippen molar-refractivity contribution in [1.82, 2.24) is 0 Å². The van der Waals surface area contributed by atoms with Crippen molar-refractivity contribution in [3.63, 3.8) is 0 Å². The molecule has 2 atom stereocenters. The van der Waals surface area contributed by atoms with Crippen LogP contribution in [0.2, 0.25) is 0 Å². The molecule has 0 aromatic heterocycles. The summed E-state index contributed by atoms with van der Waals surface area (Å²) in [4.78, 5) is 0. The number of alkyl halides is 3. The van der Waals surface area contributed by atoms with Crippen LogP contribution in [0.25, 0.3) is 0 Å². The Morgan fingerprint density at radius 3 is 2.37 bits per heavy atom. The Bertz CT molecular complexity index is 494. The van der Waals surface area contributed by atoms with Gasteiger partial charge in [-0.1, -0.05) is 24.3 Å². The summed E-state index contributed by atoms with van der Waals surface area (Å²) in [5, 5.41) is 9.25. The molecule has 1 aliphatic carbocycles. The number of nitrogens with zero attached hydrogens (tertiary/aromatic N) is 1. The van der Waals surface area contributed by atoms with Crippen LogP contribution >= 0.6 is 0 Å². The van der Waals surface area contributed by atoms with Gasteiger partial charge in [-0.3, -0.25) is 0 Å². The largest absolute Gasteiger partial charge is 0.416 e. The fourth-order valence-electron chi connectivity index (χ4n) is 2.41. The third-order valence-corrected chi connectivity index (χ3v) is 3.46. The van der Waals surface area contributed by atoms with Gasteiger partial charge in [-0.15, -0.1) is 0 Å². The van der Waals surface area contributed by atoms with E-state index in [4.69, 9.17) is 0 Å². The smallest absolute Gasteiger partial charge is 0.198 e. The van der Waals surface area contributed by atoms with Crippen LogP contribution in [0.15, 0.2) is 36.4 Å². The molecule has 0 saturated carbocycles. The number of hydrogen-bond acceptors (Lipinski definition) is 1. The lowest BCUT2D eigenvalue weighted by Crippen LogP contribution is -2.12. The lowest BCUT2D eigenvalue weighted by atomic mass is 9.81. The summed E-state index contributed by atoms with van der Waals surface area (Å²) in [7, 11) is 0. The molecule has 0 N–H and O–H groups in total. The monoisotopic (exact) mass is 265 g/mol. The van der Waals surface area contributed by atoms with Crippen LogP contribution in [0.5, 0.6) is 0 Å². The van der Waals surface area contributed by atoms with Crippen LogP contribution in [0.1, 0.15) is 36.3 Å². The normalized spacial score (nSPS) is 20.8. The second kappa shape index (κ2) is 5.48. The van der Waals surface area contributed by atoms with Gasteiger partial charge < -0.3 is 0 Å². The molecule has 0 aliphatic heterocycles. The van der Waals surface area contributed by atoms with Gasteiger partial charge in [-0.05, 0) is 42.9 Å². The first-order valence-electron chi connectivity index (χ1n) is 6.26. The van der Waals surface area contributed by atoms with Gasteiger partial charge in [-0.2, -0.15) is 18.4 Å². The number of allylic oxidation sites excluding steroid dienone is 2. The summed E-state index contributed by atoms with van der Waals surface area (Å²) in [6, 6.07) is 7.14. The minimum Gasteiger partial charge on any atom is -0.198 e. The molecular formula is C15H14F3N. The second-order valence-corrected chi connectivity index (χ2v) is 4.75. The topological polar surface area (TPSA) is 23.8 Å². The van der Waals surface area contributed by atoms with Gasteiger partial charge >= 0.3 is 6.18 Å². The maximum Gasteiger partial charge on any atom is 0.416 e. The van der Waals surface area contributed by atoms with Crippen molar-refractivity contribution in [2.24, 2.45) is 5.92 Å². The molecule has 1 aromatic carbocycles. The summed E-state index contributed by atoms with van der Waals surface area (Å²) in [5.41, 5.74) is -0.0147. The van der Waals surface area contributed by atoms with Crippen LogP contribution in [0.4, 0.5) is 13.2 Å². The van der Waals surface area contributed by atoms with Gasteiger partial charge in [-0.25, -0.2) is 0 Å². The minimum atomic E-state index is -4.33. The van der Waals surface area contributed by atoms with Crippen LogP contribution in [-0.2, 0) is 6.18 Å². The Labute approximate surface area is 110 Å². The predicted molar refractivity (Wildman–Crippen MR) is 66.3 cm³/mol. The molecule has 2 rings (SSSR count). The molecule has 0 fully saturated rings. The predicted octanol–water partition coefficient (Wildman–Crippen LogP) is 4.67. The van der Waals surface area contributed by atoms with Crippen molar-refractivity contribution in [1.29, 1.82) is 5.26 Å². The fraction of sp³-hybridized carbons (Fsp3) is 0.400. The van der Waals surface area contributed by atoms with Crippen molar-refractivity contribution < 1.29 is 13.2 Å². The number of benzene rings is 1. The van der Waals surface area contributed by atoms with Crippen LogP contribution in [0.3, 0.4) is 0 Å². The molecule has 19 heavy (non-hydrogen) atoms. The average molecular weight is 265 g/mol. The van der Waals surface area contributed by atoms with E-state index >= 15 is 0 Å². The molecule has 2 unspecified atom stereocenters. The van der Waals surface area contributed by atoms with E-state index in [1.807, 2.05) is 12.2 Å². The van der Waals surface area contributed by atoms with E-state index in [2.05, 4.69) is 6.07 Å². The quantitative estimate of drug-likeness (QED) is 0.713. The third-order valence-electron chi connectivity index (χ3n) is 3.46. The van der Waals surface area contributed by atoms with Crippen molar-refractivity contribution in [2.45, 2.75) is 31.4 Å². The van der Waals surface area contributed by atoms with E-state index in [9.17, 15) is 18.4 Å². The number of rotatable bonds is 2. The van der Waals surface area contributed by atoms with Gasteiger partial charge in [0.1, 0.15) is 0 Å². The summed E-state index contributed by atoms with van der Waals surface area (Å²) < 4.78 is 37.4. The Balaban J connectivity index is 2.22. The van der Waals surface area contributed by atoms with Gasteiger partial charge in [0.2, 0.25) is 0 Å². The molecule has 0 saturated heterocycles. The molecule has 0 amide bonds.